The predicted molar refractivity (Wildman–Crippen MR) is 49.7 cm³/mol. The van der Waals surface area contributed by atoms with E-state index < -0.39 is 11.6 Å². The highest BCUT2D eigenvalue weighted by Crippen LogP contribution is 2.22. The first-order valence-electron chi connectivity index (χ1n) is 4.31. The second-order valence-corrected chi connectivity index (χ2v) is 2.95. The smallest absolute Gasteiger partial charge is 0.208 e. The highest BCUT2D eigenvalue weighted by atomic mass is 19.2. The molecule has 0 aliphatic carbocycles. The molecule has 0 saturated heterocycles. The lowest BCUT2D eigenvalue weighted by atomic mass is 10.2. The summed E-state index contributed by atoms with van der Waals surface area (Å²) >= 11 is 0. The van der Waals surface area contributed by atoms with Gasteiger partial charge in [-0.2, -0.15) is 0 Å². The third kappa shape index (κ3) is 1.87. The second kappa shape index (κ2) is 3.78. The Labute approximate surface area is 84.5 Å². The normalized spacial score (nSPS) is 10.6. The lowest BCUT2D eigenvalue weighted by Crippen LogP contribution is -1.94. The second-order valence-electron chi connectivity index (χ2n) is 2.95. The average molecular weight is 210 g/mol. The molecule has 5 heteroatoms. The van der Waals surface area contributed by atoms with Crippen LogP contribution in [-0.2, 0) is 6.54 Å². The maximum atomic E-state index is 12.9. The largest absolute Gasteiger partial charge is 0.439 e. The van der Waals surface area contributed by atoms with Gasteiger partial charge in [0, 0.05) is 5.56 Å². The Morgan fingerprint density at radius 3 is 2.67 bits per heavy atom. The fraction of sp³-hybridized carbons (Fsp3) is 0.100. The standard InChI is InChI=1S/C10H8F2N2O/c11-7-2-1-6(3-8(7)12)9-5-14-10(4-13)15-9/h1-3,5H,4,13H2. The van der Waals surface area contributed by atoms with Crippen molar-refractivity contribution >= 4 is 0 Å². The first-order chi connectivity index (χ1) is 7.20. The molecule has 0 atom stereocenters. The lowest BCUT2D eigenvalue weighted by Gasteiger charge is -1.97. The van der Waals surface area contributed by atoms with Gasteiger partial charge in [-0.15, -0.1) is 0 Å². The summed E-state index contributed by atoms with van der Waals surface area (Å²) in [6, 6.07) is 3.50. The molecule has 1 aromatic carbocycles. The number of oxazole rings is 1. The molecule has 0 amide bonds. The fourth-order valence-electron chi connectivity index (χ4n) is 1.19. The van der Waals surface area contributed by atoms with Crippen LogP contribution in [0.3, 0.4) is 0 Å². The van der Waals surface area contributed by atoms with Crippen LogP contribution in [0.5, 0.6) is 0 Å². The van der Waals surface area contributed by atoms with E-state index in [0.29, 0.717) is 17.2 Å². The summed E-state index contributed by atoms with van der Waals surface area (Å²) in [5.41, 5.74) is 5.74. The van der Waals surface area contributed by atoms with E-state index in [2.05, 4.69) is 4.98 Å². The number of nitrogens with zero attached hydrogens (tertiary/aromatic N) is 1. The van der Waals surface area contributed by atoms with Crippen molar-refractivity contribution in [1.29, 1.82) is 0 Å². The van der Waals surface area contributed by atoms with Crippen molar-refractivity contribution in [3.05, 3.63) is 41.9 Å². The zero-order chi connectivity index (χ0) is 10.8. The molecule has 2 rings (SSSR count). The molecule has 0 bridgehead atoms. The SMILES string of the molecule is NCc1ncc(-c2ccc(F)c(F)c2)o1. The van der Waals surface area contributed by atoms with E-state index in [9.17, 15) is 8.78 Å². The molecule has 1 aromatic heterocycles. The van der Waals surface area contributed by atoms with Crippen LogP contribution in [0.1, 0.15) is 5.89 Å². The fourth-order valence-corrected chi connectivity index (χ4v) is 1.19. The van der Waals surface area contributed by atoms with Gasteiger partial charge in [-0.1, -0.05) is 0 Å². The zero-order valence-corrected chi connectivity index (χ0v) is 7.71. The number of benzene rings is 1. The molecule has 0 radical (unpaired) electrons. The minimum absolute atomic E-state index is 0.170. The number of aromatic nitrogens is 1. The number of rotatable bonds is 2. The van der Waals surface area contributed by atoms with Gasteiger partial charge in [0.1, 0.15) is 0 Å². The molecule has 0 aliphatic heterocycles. The van der Waals surface area contributed by atoms with E-state index in [1.807, 2.05) is 0 Å². The summed E-state index contributed by atoms with van der Waals surface area (Å²) < 4.78 is 30.7. The molecule has 15 heavy (non-hydrogen) atoms. The van der Waals surface area contributed by atoms with Gasteiger partial charge in [-0.05, 0) is 18.2 Å². The van der Waals surface area contributed by atoms with Crippen molar-refractivity contribution in [3.63, 3.8) is 0 Å². The third-order valence-corrected chi connectivity index (χ3v) is 1.93. The van der Waals surface area contributed by atoms with Crippen LogP contribution >= 0.6 is 0 Å². The molecular weight excluding hydrogens is 202 g/mol. The molecule has 78 valence electrons. The highest BCUT2D eigenvalue weighted by molar-refractivity contribution is 5.56. The van der Waals surface area contributed by atoms with E-state index >= 15 is 0 Å². The molecule has 2 N–H and O–H groups in total. The predicted octanol–water partition coefficient (Wildman–Crippen LogP) is 2.08. The van der Waals surface area contributed by atoms with Gasteiger partial charge in [-0.25, -0.2) is 13.8 Å². The maximum absolute atomic E-state index is 12.9. The van der Waals surface area contributed by atoms with Gasteiger partial charge in [0.25, 0.3) is 0 Å². The van der Waals surface area contributed by atoms with Crippen LogP contribution in [0.4, 0.5) is 8.78 Å². The molecule has 3 nitrogen and oxygen atoms in total. The number of halogens is 2. The molecule has 0 aliphatic rings. The van der Waals surface area contributed by atoms with Gasteiger partial charge in [0.2, 0.25) is 5.89 Å². The van der Waals surface area contributed by atoms with Gasteiger partial charge in [0.15, 0.2) is 17.4 Å². The van der Waals surface area contributed by atoms with Crippen molar-refractivity contribution < 1.29 is 13.2 Å². The summed E-state index contributed by atoms with van der Waals surface area (Å²) in [4.78, 5) is 3.86. The molecule has 0 spiro atoms. The van der Waals surface area contributed by atoms with Crippen LogP contribution in [0, 0.1) is 11.6 Å². The van der Waals surface area contributed by atoms with Gasteiger partial charge in [0.05, 0.1) is 12.7 Å². The van der Waals surface area contributed by atoms with Gasteiger partial charge >= 0.3 is 0 Å². The molecule has 1 heterocycles. The monoisotopic (exact) mass is 210 g/mol. The van der Waals surface area contributed by atoms with Crippen LogP contribution < -0.4 is 5.73 Å². The average Bonchev–Trinajstić information content (AvgIpc) is 2.70. The molecule has 2 aromatic rings. The summed E-state index contributed by atoms with van der Waals surface area (Å²) in [6.45, 7) is 0.170. The summed E-state index contributed by atoms with van der Waals surface area (Å²) in [5.74, 6) is -1.08. The Kier molecular flexibility index (Phi) is 2.47. The quantitative estimate of drug-likeness (QED) is 0.825. The molecule has 0 fully saturated rings. The Bertz CT molecular complexity index is 482. The molecule has 0 unspecified atom stereocenters. The topological polar surface area (TPSA) is 52.0 Å². The number of nitrogens with two attached hydrogens (primary N) is 1. The first kappa shape index (κ1) is 9.79. The summed E-state index contributed by atoms with van der Waals surface area (Å²) in [7, 11) is 0. The first-order valence-corrected chi connectivity index (χ1v) is 4.31. The van der Waals surface area contributed by atoms with E-state index in [0.717, 1.165) is 12.1 Å². The van der Waals surface area contributed by atoms with E-state index in [1.165, 1.54) is 12.3 Å². The van der Waals surface area contributed by atoms with Crippen LogP contribution in [0.25, 0.3) is 11.3 Å². The minimum atomic E-state index is -0.918. The van der Waals surface area contributed by atoms with Gasteiger partial charge < -0.3 is 10.2 Å². The van der Waals surface area contributed by atoms with Crippen molar-refractivity contribution in [2.24, 2.45) is 5.73 Å². The van der Waals surface area contributed by atoms with Crippen LogP contribution in [0.2, 0.25) is 0 Å². The number of hydrogen-bond donors (Lipinski definition) is 1. The van der Waals surface area contributed by atoms with Crippen LogP contribution in [-0.4, -0.2) is 4.98 Å². The minimum Gasteiger partial charge on any atom is -0.439 e. The molecule has 0 saturated carbocycles. The Balaban J connectivity index is 2.40. The zero-order valence-electron chi connectivity index (χ0n) is 7.71. The Hall–Kier alpha value is -1.75. The Morgan fingerprint density at radius 1 is 1.27 bits per heavy atom. The van der Waals surface area contributed by atoms with Gasteiger partial charge in [-0.3, -0.25) is 0 Å². The van der Waals surface area contributed by atoms with E-state index in [-0.39, 0.29) is 6.54 Å². The highest BCUT2D eigenvalue weighted by Gasteiger charge is 2.08. The molecular formula is C10H8F2N2O. The van der Waals surface area contributed by atoms with E-state index in [1.54, 1.807) is 0 Å². The maximum Gasteiger partial charge on any atom is 0.208 e. The van der Waals surface area contributed by atoms with Crippen molar-refractivity contribution in [3.8, 4) is 11.3 Å². The van der Waals surface area contributed by atoms with Crippen molar-refractivity contribution in [2.45, 2.75) is 6.54 Å². The Morgan fingerprint density at radius 2 is 2.07 bits per heavy atom. The third-order valence-electron chi connectivity index (χ3n) is 1.93. The summed E-state index contributed by atoms with van der Waals surface area (Å²) in [5, 5.41) is 0. The van der Waals surface area contributed by atoms with Crippen molar-refractivity contribution in [2.75, 3.05) is 0 Å². The summed E-state index contributed by atoms with van der Waals surface area (Å²) in [6.07, 6.45) is 1.43. The lowest BCUT2D eigenvalue weighted by molar-refractivity contribution is 0.501. The number of hydrogen-bond acceptors (Lipinski definition) is 3. The van der Waals surface area contributed by atoms with E-state index in [4.69, 9.17) is 10.2 Å². The van der Waals surface area contributed by atoms with Crippen LogP contribution in [0.15, 0.2) is 28.8 Å². The van der Waals surface area contributed by atoms with Crippen molar-refractivity contribution in [1.82, 2.24) is 4.98 Å².